The summed E-state index contributed by atoms with van der Waals surface area (Å²) in [6.07, 6.45) is 5.46. The van der Waals surface area contributed by atoms with Crippen LogP contribution in [0.25, 0.3) is 10.9 Å². The molecular weight excluding hydrogens is 804 g/mol. The van der Waals surface area contributed by atoms with Gasteiger partial charge in [-0.05, 0) is 112 Å². The minimum atomic E-state index is -0.845. The first-order valence-electron chi connectivity index (χ1n) is 21.7. The molecule has 0 radical (unpaired) electrons. The summed E-state index contributed by atoms with van der Waals surface area (Å²) in [5, 5.41) is 23.8. The van der Waals surface area contributed by atoms with Gasteiger partial charge >= 0.3 is 0 Å². The monoisotopic (exact) mass is 856 g/mol. The fourth-order valence-corrected chi connectivity index (χ4v) is 10.5. The number of nitrogens with one attached hydrogen (secondary N) is 2. The first-order valence-corrected chi connectivity index (χ1v) is 22.1. The molecule has 0 spiro atoms. The van der Waals surface area contributed by atoms with Crippen molar-refractivity contribution in [1.82, 2.24) is 30.5 Å². The van der Waals surface area contributed by atoms with Crippen molar-refractivity contribution in [2.75, 3.05) is 37.6 Å². The second-order valence-electron chi connectivity index (χ2n) is 18.6. The van der Waals surface area contributed by atoms with Crippen molar-refractivity contribution in [3.8, 4) is 23.7 Å². The quantitative estimate of drug-likeness (QED) is 0.145. The number of carbonyl (C=O) groups excluding carboxylic acids is 3. The van der Waals surface area contributed by atoms with Crippen LogP contribution in [0, 0.1) is 45.8 Å². The Morgan fingerprint density at radius 1 is 0.919 bits per heavy atom. The Morgan fingerprint density at radius 3 is 2.31 bits per heavy atom. The number of halogens is 1. The van der Waals surface area contributed by atoms with E-state index < -0.39 is 11.9 Å². The molecule has 8 rings (SSSR count). The van der Waals surface area contributed by atoms with Crippen molar-refractivity contribution in [2.24, 2.45) is 22.7 Å². The summed E-state index contributed by atoms with van der Waals surface area (Å²) in [5.41, 5.74) is 2.26. The van der Waals surface area contributed by atoms with E-state index in [0.29, 0.717) is 44.6 Å². The maximum absolute atomic E-state index is 13.4. The Kier molecular flexibility index (Phi) is 12.1. The van der Waals surface area contributed by atoms with Crippen LogP contribution >= 0.6 is 11.6 Å². The third kappa shape index (κ3) is 8.79. The molecule has 4 aromatic rings. The number of piperidine rings is 3. The van der Waals surface area contributed by atoms with Crippen LogP contribution in [0.1, 0.15) is 100 Å². The van der Waals surface area contributed by atoms with Gasteiger partial charge in [-0.3, -0.25) is 24.5 Å². The summed E-state index contributed by atoms with van der Waals surface area (Å²) < 4.78 is 7.48. The van der Waals surface area contributed by atoms with Crippen LogP contribution in [0.2, 0.25) is 5.02 Å². The molecule has 3 aromatic carbocycles. The molecule has 1 aliphatic carbocycles. The van der Waals surface area contributed by atoms with Gasteiger partial charge in [-0.15, -0.1) is 5.10 Å². The van der Waals surface area contributed by atoms with E-state index in [4.69, 9.17) is 16.3 Å². The van der Waals surface area contributed by atoms with E-state index in [1.165, 1.54) is 0 Å². The fraction of sp³-hybridized carbons (Fsp3) is 0.479. The van der Waals surface area contributed by atoms with Crippen LogP contribution in [0.15, 0.2) is 65.5 Å². The number of likely N-dealkylation sites (tertiary alicyclic amines) is 1. The molecule has 13 nitrogen and oxygen atoms in total. The molecule has 3 aliphatic heterocycles. The van der Waals surface area contributed by atoms with Crippen molar-refractivity contribution in [1.29, 1.82) is 5.26 Å². The van der Waals surface area contributed by atoms with E-state index in [1.807, 2.05) is 42.5 Å². The summed E-state index contributed by atoms with van der Waals surface area (Å²) >= 11 is 6.25. The van der Waals surface area contributed by atoms with Gasteiger partial charge in [0, 0.05) is 72.2 Å². The number of hydrogen-bond acceptors (Lipinski definition) is 10. The van der Waals surface area contributed by atoms with Gasteiger partial charge < -0.3 is 19.9 Å². The van der Waals surface area contributed by atoms with Crippen LogP contribution in [0.4, 0.5) is 5.69 Å². The number of amides is 3. The lowest BCUT2D eigenvalue weighted by Crippen LogP contribution is -2.74. The Bertz CT molecular complexity index is 2520. The van der Waals surface area contributed by atoms with Crippen molar-refractivity contribution in [3.63, 3.8) is 0 Å². The number of benzene rings is 3. The second-order valence-corrected chi connectivity index (χ2v) is 19.0. The third-order valence-corrected chi connectivity index (χ3v) is 13.9. The van der Waals surface area contributed by atoms with E-state index in [0.717, 1.165) is 80.8 Å². The molecule has 4 fully saturated rings. The Hall–Kier alpha value is -5.76. The van der Waals surface area contributed by atoms with Gasteiger partial charge in [0.15, 0.2) is 0 Å². The molecule has 4 heterocycles. The summed E-state index contributed by atoms with van der Waals surface area (Å²) in [4.78, 5) is 55.8. The number of rotatable bonds is 9. The maximum atomic E-state index is 13.4. The molecule has 1 unspecified atom stereocenters. The van der Waals surface area contributed by atoms with E-state index in [1.54, 1.807) is 18.2 Å². The molecule has 3 amide bonds. The van der Waals surface area contributed by atoms with Crippen LogP contribution in [0.5, 0.6) is 5.75 Å². The van der Waals surface area contributed by atoms with Gasteiger partial charge in [0.1, 0.15) is 29.5 Å². The van der Waals surface area contributed by atoms with Gasteiger partial charge in [-0.25, -0.2) is 0 Å². The van der Waals surface area contributed by atoms with Crippen molar-refractivity contribution >= 4 is 45.9 Å². The number of nitriles is 1. The van der Waals surface area contributed by atoms with Gasteiger partial charge in [0.25, 0.3) is 17.4 Å². The minimum Gasteiger partial charge on any atom is -0.489 e. The highest BCUT2D eigenvalue weighted by atomic mass is 35.5. The molecule has 3 saturated heterocycles. The van der Waals surface area contributed by atoms with Gasteiger partial charge in [-0.2, -0.15) is 9.94 Å². The molecule has 1 aromatic heterocycles. The molecule has 62 heavy (non-hydrogen) atoms. The number of carbonyl (C=O) groups is 3. The highest BCUT2D eigenvalue weighted by Gasteiger charge is 2.64. The standard InChI is InChI=1S/C48H53ClN8O5/c1-47(2)45(48(3,4)46(47)62-36-14-12-34(28-50)38(49)27-36)52-42(59)33-10-8-30(9-11-33)6-5-7-31-18-22-55(23-19-31)29-32-20-24-56(25-21-32)35-13-15-39-37(26-35)44(61)57(54-53-39)40-16-17-41(58)51-43(40)60/h8-15,26-27,31-32,40,45-46H,7,16-25,29H2,1-4H3,(H,52,59)(H,51,58,60)/t40?,45-,46-. The average molecular weight is 857 g/mol. The van der Waals surface area contributed by atoms with Crippen molar-refractivity contribution in [2.45, 2.75) is 90.8 Å². The van der Waals surface area contributed by atoms with Crippen LogP contribution in [-0.4, -0.2) is 82.5 Å². The average Bonchev–Trinajstić information content (AvgIpc) is 3.26. The van der Waals surface area contributed by atoms with Gasteiger partial charge in [0.2, 0.25) is 5.91 Å². The fourth-order valence-electron chi connectivity index (χ4n) is 10.3. The van der Waals surface area contributed by atoms with Crippen LogP contribution in [-0.2, 0) is 9.59 Å². The SMILES string of the molecule is CC1(C)[C@H](NC(=O)c2ccc(C#CCC3CCN(CC4CCN(c5ccc6nnn(C7CCC(=O)NC7=O)c(=O)c6c5)CC4)CC3)cc2)C(C)(C)[C@H]1Oc1ccc(C#N)c(Cl)c1. The first-order chi connectivity index (χ1) is 29.7. The summed E-state index contributed by atoms with van der Waals surface area (Å²) in [7, 11) is 0. The lowest BCUT2D eigenvalue weighted by atomic mass is 9.49. The van der Waals surface area contributed by atoms with Crippen LogP contribution in [0.3, 0.4) is 0 Å². The number of nitrogens with zero attached hydrogens (tertiary/aromatic N) is 6. The molecule has 322 valence electrons. The van der Waals surface area contributed by atoms with E-state index in [2.05, 4.69) is 76.4 Å². The van der Waals surface area contributed by atoms with E-state index >= 15 is 0 Å². The number of aromatic nitrogens is 3. The third-order valence-electron chi connectivity index (χ3n) is 13.6. The highest BCUT2D eigenvalue weighted by molar-refractivity contribution is 6.31. The molecule has 4 aliphatic rings. The van der Waals surface area contributed by atoms with Gasteiger partial charge in [0.05, 0.1) is 16.0 Å². The topological polar surface area (TPSA) is 163 Å². The second kappa shape index (κ2) is 17.5. The Balaban J connectivity index is 0.766. The molecular formula is C48H53ClN8O5. The lowest BCUT2D eigenvalue weighted by molar-refractivity contribution is -0.164. The van der Waals surface area contributed by atoms with E-state index in [9.17, 15) is 24.4 Å². The normalized spacial score (nSPS) is 22.8. The lowest BCUT2D eigenvalue weighted by Gasteiger charge is -2.63. The van der Waals surface area contributed by atoms with Crippen molar-refractivity contribution in [3.05, 3.63) is 92.7 Å². The number of ether oxygens (including phenoxy) is 1. The van der Waals surface area contributed by atoms with Crippen molar-refractivity contribution < 1.29 is 19.1 Å². The molecule has 0 bridgehead atoms. The predicted molar refractivity (Wildman–Crippen MR) is 237 cm³/mol. The highest BCUT2D eigenvalue weighted by Crippen LogP contribution is 2.55. The largest absolute Gasteiger partial charge is 0.489 e. The number of imide groups is 1. The molecule has 14 heteroatoms. The zero-order valence-corrected chi connectivity index (χ0v) is 36.5. The maximum Gasteiger partial charge on any atom is 0.278 e. The summed E-state index contributed by atoms with van der Waals surface area (Å²) in [6.45, 7) is 13.4. The molecule has 1 saturated carbocycles. The summed E-state index contributed by atoms with van der Waals surface area (Å²) in [6, 6.07) is 19.4. The minimum absolute atomic E-state index is 0.126. The zero-order valence-electron chi connectivity index (χ0n) is 35.7. The zero-order chi connectivity index (χ0) is 43.8. The van der Waals surface area contributed by atoms with Crippen LogP contribution < -0.4 is 25.8 Å². The Labute approximate surface area is 367 Å². The number of fused-ring (bicyclic) bond motifs is 1. The Morgan fingerprint density at radius 2 is 1.63 bits per heavy atom. The van der Waals surface area contributed by atoms with E-state index in [-0.39, 0.29) is 53.2 Å². The smallest absolute Gasteiger partial charge is 0.278 e. The van der Waals surface area contributed by atoms with Gasteiger partial charge in [-0.1, -0.05) is 56.4 Å². The summed E-state index contributed by atoms with van der Waals surface area (Å²) in [5.74, 6) is 7.51. The molecule has 2 N–H and O–H groups in total. The molecule has 1 atom stereocenters. The first kappa shape index (κ1) is 42.9. The number of anilines is 1. The predicted octanol–water partition coefficient (Wildman–Crippen LogP) is 6.28. The number of hydrogen-bond donors (Lipinski definition) is 2.